The normalized spacial score (nSPS) is 11.6. The van der Waals surface area contributed by atoms with E-state index < -0.39 is 10.1 Å². The summed E-state index contributed by atoms with van der Waals surface area (Å²) in [7, 11) is -3.82. The molecule has 0 saturated heterocycles. The van der Waals surface area contributed by atoms with E-state index in [-0.39, 0.29) is 11.5 Å². The van der Waals surface area contributed by atoms with E-state index in [1.807, 2.05) is 55.5 Å². The Morgan fingerprint density at radius 2 is 1.66 bits per heavy atom. The summed E-state index contributed by atoms with van der Waals surface area (Å²) in [6.45, 7) is 3.64. The van der Waals surface area contributed by atoms with Gasteiger partial charge in [-0.2, -0.15) is 8.42 Å². The molecule has 0 bridgehead atoms. The van der Waals surface area contributed by atoms with Crippen molar-refractivity contribution < 1.29 is 17.0 Å². The lowest BCUT2D eigenvalue weighted by molar-refractivity contribution is 0.320. The fourth-order valence-corrected chi connectivity index (χ4v) is 4.27. The van der Waals surface area contributed by atoms with Crippen LogP contribution >= 0.6 is 0 Å². The van der Waals surface area contributed by atoms with Crippen molar-refractivity contribution in [2.45, 2.75) is 25.2 Å². The van der Waals surface area contributed by atoms with Crippen LogP contribution in [-0.4, -0.2) is 20.0 Å². The molecule has 7 heteroatoms. The lowest BCUT2D eigenvalue weighted by Gasteiger charge is -2.06. The molecule has 0 fully saturated rings. The molecule has 0 aliphatic heterocycles. The fourth-order valence-electron chi connectivity index (χ4n) is 3.36. The number of nitrogen functional groups attached to an aromatic ring is 1. The molecule has 164 valence electrons. The van der Waals surface area contributed by atoms with Gasteiger partial charge in [0, 0.05) is 12.1 Å². The molecule has 0 spiro atoms. The van der Waals surface area contributed by atoms with Crippen LogP contribution < -0.4 is 5.73 Å². The summed E-state index contributed by atoms with van der Waals surface area (Å²) in [6, 6.07) is 22.2. The van der Waals surface area contributed by atoms with Gasteiger partial charge in [-0.05, 0) is 49.2 Å². The van der Waals surface area contributed by atoms with E-state index in [0.717, 1.165) is 16.7 Å². The maximum Gasteiger partial charge on any atom is 0.296 e. The third-order valence-corrected chi connectivity index (χ3v) is 6.50. The Balaban J connectivity index is 1.47. The van der Waals surface area contributed by atoms with Gasteiger partial charge in [-0.15, -0.1) is 0 Å². The van der Waals surface area contributed by atoms with Crippen molar-refractivity contribution in [2.24, 2.45) is 0 Å². The summed E-state index contributed by atoms with van der Waals surface area (Å²) in [5.41, 5.74) is 11.2. The number of rotatable bonds is 7. The van der Waals surface area contributed by atoms with Gasteiger partial charge in [0.25, 0.3) is 10.1 Å². The zero-order valence-electron chi connectivity index (χ0n) is 17.9. The molecular weight excluding hydrogens is 424 g/mol. The Morgan fingerprint density at radius 3 is 2.34 bits per heavy atom. The second-order valence-electron chi connectivity index (χ2n) is 7.53. The Labute approximate surface area is 187 Å². The van der Waals surface area contributed by atoms with Gasteiger partial charge in [0.05, 0.1) is 22.8 Å². The first-order valence-corrected chi connectivity index (χ1v) is 11.6. The summed E-state index contributed by atoms with van der Waals surface area (Å²) in [5, 5.41) is 0. The van der Waals surface area contributed by atoms with E-state index in [4.69, 9.17) is 14.3 Å². The standard InChI is InChI=1S/C25H24N2O4S/c1-17-8-11-21(12-9-17)32(28,29)30-15-14-24-18(2)31-25(27-24)22-13-10-20(16-23(22)26)19-6-4-3-5-7-19/h3-13,16H,14-15,26H2,1-2H3. The summed E-state index contributed by atoms with van der Waals surface area (Å²) in [4.78, 5) is 4.66. The molecule has 0 saturated carbocycles. The maximum absolute atomic E-state index is 12.4. The average molecular weight is 449 g/mol. The molecule has 32 heavy (non-hydrogen) atoms. The molecule has 0 atom stereocenters. The molecule has 6 nitrogen and oxygen atoms in total. The van der Waals surface area contributed by atoms with Crippen LogP contribution in [0.4, 0.5) is 5.69 Å². The highest BCUT2D eigenvalue weighted by Gasteiger charge is 2.18. The van der Waals surface area contributed by atoms with Crippen LogP contribution in [-0.2, 0) is 20.7 Å². The van der Waals surface area contributed by atoms with Crippen molar-refractivity contribution in [1.82, 2.24) is 4.98 Å². The van der Waals surface area contributed by atoms with E-state index in [1.54, 1.807) is 19.1 Å². The molecule has 0 aliphatic rings. The number of nitrogens with two attached hydrogens (primary N) is 1. The highest BCUT2D eigenvalue weighted by Crippen LogP contribution is 2.31. The second-order valence-corrected chi connectivity index (χ2v) is 9.14. The second kappa shape index (κ2) is 8.98. The summed E-state index contributed by atoms with van der Waals surface area (Å²) in [5.74, 6) is 0.999. The van der Waals surface area contributed by atoms with Crippen LogP contribution in [0.3, 0.4) is 0 Å². The molecule has 0 radical (unpaired) electrons. The Hall–Kier alpha value is -3.42. The monoisotopic (exact) mass is 448 g/mol. The number of nitrogens with zero attached hydrogens (tertiary/aromatic N) is 1. The first kappa shape index (κ1) is 21.8. The van der Waals surface area contributed by atoms with Crippen LogP contribution in [0, 0.1) is 13.8 Å². The predicted octanol–water partition coefficient (Wildman–Crippen LogP) is 5.16. The average Bonchev–Trinajstić information content (AvgIpc) is 3.14. The van der Waals surface area contributed by atoms with Crippen LogP contribution in [0.15, 0.2) is 82.1 Å². The van der Waals surface area contributed by atoms with E-state index in [0.29, 0.717) is 35.0 Å². The molecular formula is C25H24N2O4S. The zero-order chi connectivity index (χ0) is 22.7. The Morgan fingerprint density at radius 1 is 0.938 bits per heavy atom. The van der Waals surface area contributed by atoms with Crippen molar-refractivity contribution in [3.63, 3.8) is 0 Å². The predicted molar refractivity (Wildman–Crippen MR) is 125 cm³/mol. The third-order valence-electron chi connectivity index (χ3n) is 5.17. The number of aryl methyl sites for hydroxylation is 2. The maximum atomic E-state index is 12.4. The minimum atomic E-state index is -3.82. The van der Waals surface area contributed by atoms with Gasteiger partial charge in [-0.3, -0.25) is 4.18 Å². The smallest absolute Gasteiger partial charge is 0.296 e. The van der Waals surface area contributed by atoms with Crippen molar-refractivity contribution in [2.75, 3.05) is 12.3 Å². The molecule has 0 amide bonds. The van der Waals surface area contributed by atoms with Crippen molar-refractivity contribution >= 4 is 15.8 Å². The van der Waals surface area contributed by atoms with E-state index in [2.05, 4.69) is 4.98 Å². The van der Waals surface area contributed by atoms with Crippen molar-refractivity contribution in [3.8, 4) is 22.6 Å². The third kappa shape index (κ3) is 4.74. The van der Waals surface area contributed by atoms with E-state index >= 15 is 0 Å². The van der Waals surface area contributed by atoms with Gasteiger partial charge >= 0.3 is 0 Å². The lowest BCUT2D eigenvalue weighted by atomic mass is 10.0. The number of oxazole rings is 1. The molecule has 1 aromatic heterocycles. The molecule has 0 unspecified atom stereocenters. The van der Waals surface area contributed by atoms with Crippen LogP contribution in [0.5, 0.6) is 0 Å². The van der Waals surface area contributed by atoms with Gasteiger partial charge < -0.3 is 10.2 Å². The Bertz CT molecular complexity index is 1330. The number of hydrogen-bond acceptors (Lipinski definition) is 6. The lowest BCUT2D eigenvalue weighted by Crippen LogP contribution is -2.09. The highest BCUT2D eigenvalue weighted by molar-refractivity contribution is 7.86. The van der Waals surface area contributed by atoms with Crippen molar-refractivity contribution in [3.05, 3.63) is 89.8 Å². The van der Waals surface area contributed by atoms with E-state index in [1.165, 1.54) is 12.1 Å². The van der Waals surface area contributed by atoms with Gasteiger partial charge in [-0.25, -0.2) is 4.98 Å². The highest BCUT2D eigenvalue weighted by atomic mass is 32.2. The van der Waals surface area contributed by atoms with Gasteiger partial charge in [0.2, 0.25) is 5.89 Å². The SMILES string of the molecule is Cc1ccc(S(=O)(=O)OCCc2nc(-c3ccc(-c4ccccc4)cc3N)oc2C)cc1. The van der Waals surface area contributed by atoms with Crippen LogP contribution in [0.2, 0.25) is 0 Å². The molecule has 2 N–H and O–H groups in total. The number of hydrogen-bond donors (Lipinski definition) is 1. The zero-order valence-corrected chi connectivity index (χ0v) is 18.7. The quantitative estimate of drug-likeness (QED) is 0.310. The molecule has 3 aromatic carbocycles. The van der Waals surface area contributed by atoms with Crippen LogP contribution in [0.1, 0.15) is 17.0 Å². The van der Waals surface area contributed by atoms with Crippen molar-refractivity contribution in [1.29, 1.82) is 0 Å². The largest absolute Gasteiger partial charge is 0.441 e. The number of aromatic nitrogens is 1. The molecule has 0 aliphatic carbocycles. The molecule has 1 heterocycles. The first-order chi connectivity index (χ1) is 15.3. The van der Waals surface area contributed by atoms with Gasteiger partial charge in [0.15, 0.2) is 0 Å². The summed E-state index contributed by atoms with van der Waals surface area (Å²) < 4.78 is 35.7. The fraction of sp³-hybridized carbons (Fsp3) is 0.160. The minimum Gasteiger partial charge on any atom is -0.441 e. The van der Waals surface area contributed by atoms with E-state index in [9.17, 15) is 8.42 Å². The summed E-state index contributed by atoms with van der Waals surface area (Å²) >= 11 is 0. The number of benzene rings is 3. The number of anilines is 1. The molecule has 4 aromatic rings. The van der Waals surface area contributed by atoms with Gasteiger partial charge in [-0.1, -0.05) is 54.1 Å². The summed E-state index contributed by atoms with van der Waals surface area (Å²) in [6.07, 6.45) is 0.294. The topological polar surface area (TPSA) is 95.4 Å². The molecule has 4 rings (SSSR count). The minimum absolute atomic E-state index is 0.0363. The van der Waals surface area contributed by atoms with Crippen LogP contribution in [0.25, 0.3) is 22.6 Å². The Kier molecular flexibility index (Phi) is 6.12. The first-order valence-electron chi connectivity index (χ1n) is 10.2. The van der Waals surface area contributed by atoms with Gasteiger partial charge in [0.1, 0.15) is 5.76 Å².